The van der Waals surface area contributed by atoms with Gasteiger partial charge in [0, 0.05) is 28.5 Å². The van der Waals surface area contributed by atoms with Crippen LogP contribution in [0.2, 0.25) is 5.02 Å². The maximum absolute atomic E-state index is 6.12. The van der Waals surface area contributed by atoms with Crippen LogP contribution in [0.3, 0.4) is 0 Å². The van der Waals surface area contributed by atoms with Gasteiger partial charge in [0.05, 0.1) is 13.8 Å². The molecule has 0 atom stereocenters. The molecule has 0 unspecified atom stereocenters. The zero-order valence-electron chi connectivity index (χ0n) is 14.7. The lowest BCUT2D eigenvalue weighted by Crippen LogP contribution is -2.25. The van der Waals surface area contributed by atoms with E-state index in [0.29, 0.717) is 28.8 Å². The minimum absolute atomic E-state index is 0.506. The number of hydrogen-bond donors (Lipinski definition) is 0. The highest BCUT2D eigenvalue weighted by molar-refractivity contribution is 7.71. The molecule has 0 saturated carbocycles. The molecule has 0 aliphatic rings. The smallest absolute Gasteiger partial charge is 0.252 e. The Morgan fingerprint density at radius 1 is 1.24 bits per heavy atom. The zero-order chi connectivity index (χ0) is 18.1. The summed E-state index contributed by atoms with van der Waals surface area (Å²) >= 11 is 11.5. The third kappa shape index (κ3) is 3.68. The van der Waals surface area contributed by atoms with E-state index in [4.69, 9.17) is 28.6 Å². The molecule has 3 aromatic rings. The molecule has 0 amide bonds. The maximum Gasteiger partial charge on any atom is 0.252 e. The number of aryl methyl sites for hydroxylation is 2. The zero-order valence-corrected chi connectivity index (χ0v) is 16.2. The highest BCUT2D eigenvalue weighted by Crippen LogP contribution is 2.24. The molecule has 8 heteroatoms. The van der Waals surface area contributed by atoms with Crippen LogP contribution in [0.5, 0.6) is 5.75 Å². The summed E-state index contributed by atoms with van der Waals surface area (Å²) < 4.78 is 9.81. The summed E-state index contributed by atoms with van der Waals surface area (Å²) in [5.74, 6) is 1.43. The number of fused-ring (bicyclic) bond motifs is 1. The van der Waals surface area contributed by atoms with Crippen LogP contribution in [-0.4, -0.2) is 38.2 Å². The van der Waals surface area contributed by atoms with Gasteiger partial charge in [0.25, 0.3) is 5.78 Å². The molecule has 2 heterocycles. The summed E-state index contributed by atoms with van der Waals surface area (Å²) in [6.07, 6.45) is 0. The van der Waals surface area contributed by atoms with Crippen LogP contribution in [0.25, 0.3) is 5.78 Å². The van der Waals surface area contributed by atoms with E-state index in [2.05, 4.69) is 14.9 Å². The van der Waals surface area contributed by atoms with E-state index >= 15 is 0 Å². The minimum atomic E-state index is 0.506. The second-order valence-corrected chi connectivity index (χ2v) is 6.86. The lowest BCUT2D eigenvalue weighted by atomic mass is 10.2. The van der Waals surface area contributed by atoms with Crippen LogP contribution in [0.15, 0.2) is 24.3 Å². The highest BCUT2D eigenvalue weighted by Gasteiger charge is 2.12. The van der Waals surface area contributed by atoms with Gasteiger partial charge < -0.3 is 4.74 Å². The quantitative estimate of drug-likeness (QED) is 0.635. The van der Waals surface area contributed by atoms with E-state index in [1.54, 1.807) is 7.11 Å². The van der Waals surface area contributed by atoms with Gasteiger partial charge in [-0.3, -0.25) is 4.90 Å². The SMILES string of the molecule is COc1ccc(Cl)cc1CN(C)Cn1c(=S)nc2nc(C)cc(C)n21. The molecule has 0 saturated heterocycles. The van der Waals surface area contributed by atoms with Crippen LogP contribution in [0, 0.1) is 18.6 Å². The van der Waals surface area contributed by atoms with Gasteiger partial charge in [-0.15, -0.1) is 0 Å². The van der Waals surface area contributed by atoms with E-state index in [9.17, 15) is 0 Å². The number of halogens is 1. The summed E-state index contributed by atoms with van der Waals surface area (Å²) in [5.41, 5.74) is 2.98. The molecule has 3 rings (SSSR count). The van der Waals surface area contributed by atoms with E-state index in [1.807, 2.05) is 54.4 Å². The van der Waals surface area contributed by atoms with Gasteiger partial charge in [0.1, 0.15) is 5.75 Å². The Labute approximate surface area is 156 Å². The third-order valence-corrected chi connectivity index (χ3v) is 4.47. The van der Waals surface area contributed by atoms with Crippen LogP contribution in [0.1, 0.15) is 17.0 Å². The fourth-order valence-electron chi connectivity index (χ4n) is 2.92. The van der Waals surface area contributed by atoms with Gasteiger partial charge in [-0.25, -0.2) is 14.2 Å². The fraction of sp³-hybridized carbons (Fsp3) is 0.353. The summed E-state index contributed by atoms with van der Waals surface area (Å²) in [7, 11) is 3.67. The van der Waals surface area contributed by atoms with Crippen molar-refractivity contribution in [3.63, 3.8) is 0 Å². The molecular formula is C17H20ClN5OS. The monoisotopic (exact) mass is 377 g/mol. The number of hydrogen-bond acceptors (Lipinski definition) is 5. The molecule has 6 nitrogen and oxygen atoms in total. The van der Waals surface area contributed by atoms with Crippen molar-refractivity contribution >= 4 is 29.6 Å². The normalized spacial score (nSPS) is 11.4. The van der Waals surface area contributed by atoms with Gasteiger partial charge in [0.15, 0.2) is 0 Å². The summed E-state index contributed by atoms with van der Waals surface area (Å²) in [4.78, 5) is 11.0. The second-order valence-electron chi connectivity index (χ2n) is 6.06. The van der Waals surface area contributed by atoms with E-state index in [-0.39, 0.29) is 0 Å². The highest BCUT2D eigenvalue weighted by atomic mass is 35.5. The average molecular weight is 378 g/mol. The minimum Gasteiger partial charge on any atom is -0.496 e. The molecule has 0 bridgehead atoms. The molecule has 25 heavy (non-hydrogen) atoms. The van der Waals surface area contributed by atoms with Gasteiger partial charge >= 0.3 is 0 Å². The number of rotatable bonds is 5. The fourth-order valence-corrected chi connectivity index (χ4v) is 3.34. The van der Waals surface area contributed by atoms with Gasteiger partial charge in [-0.05, 0) is 57.4 Å². The molecule has 0 N–H and O–H groups in total. The van der Waals surface area contributed by atoms with Gasteiger partial charge in [0.2, 0.25) is 4.77 Å². The van der Waals surface area contributed by atoms with Crippen LogP contribution in [0.4, 0.5) is 0 Å². The van der Waals surface area contributed by atoms with Crippen molar-refractivity contribution in [3.05, 3.63) is 51.0 Å². The Balaban J connectivity index is 1.90. The Morgan fingerprint density at radius 2 is 2.00 bits per heavy atom. The largest absolute Gasteiger partial charge is 0.496 e. The lowest BCUT2D eigenvalue weighted by Gasteiger charge is -2.20. The number of methoxy groups -OCH3 is 1. The topological polar surface area (TPSA) is 47.6 Å². The van der Waals surface area contributed by atoms with E-state index < -0.39 is 0 Å². The van der Waals surface area contributed by atoms with Crippen molar-refractivity contribution in [2.75, 3.05) is 14.2 Å². The molecule has 2 aromatic heterocycles. The predicted molar refractivity (Wildman–Crippen MR) is 101 cm³/mol. The standard InChI is InChI=1S/C17H20ClN5OS/c1-11-7-12(2)23-16(19-11)20-17(25)22(23)10-21(3)9-13-8-14(18)5-6-15(13)24-4/h5-8H,9-10H2,1-4H3. The summed E-state index contributed by atoms with van der Waals surface area (Å²) in [5, 5.41) is 0.686. The Kier molecular flexibility index (Phi) is 5.08. The Bertz CT molecular complexity index is 981. The first-order chi connectivity index (χ1) is 11.9. The van der Waals surface area contributed by atoms with E-state index in [1.165, 1.54) is 0 Å². The number of nitrogens with zero attached hydrogens (tertiary/aromatic N) is 5. The first-order valence-corrected chi connectivity index (χ1v) is 8.62. The number of aromatic nitrogens is 4. The average Bonchev–Trinajstić information content (AvgIpc) is 2.83. The van der Waals surface area contributed by atoms with Crippen LogP contribution in [-0.2, 0) is 13.2 Å². The summed E-state index contributed by atoms with van der Waals surface area (Å²) in [6, 6.07) is 7.63. The molecule has 0 spiro atoms. The second kappa shape index (κ2) is 7.11. The molecule has 132 valence electrons. The van der Waals surface area contributed by atoms with Crippen molar-refractivity contribution in [2.45, 2.75) is 27.1 Å². The van der Waals surface area contributed by atoms with Crippen LogP contribution < -0.4 is 4.74 Å². The first-order valence-electron chi connectivity index (χ1n) is 7.84. The van der Waals surface area contributed by atoms with E-state index in [0.717, 1.165) is 22.7 Å². The molecule has 0 radical (unpaired) electrons. The first kappa shape index (κ1) is 17.8. The molecule has 0 fully saturated rings. The number of benzene rings is 1. The van der Waals surface area contributed by atoms with Gasteiger partial charge in [-0.2, -0.15) is 4.98 Å². The third-order valence-electron chi connectivity index (χ3n) is 3.93. The molecule has 1 aromatic carbocycles. The van der Waals surface area contributed by atoms with Gasteiger partial charge in [-0.1, -0.05) is 11.6 Å². The summed E-state index contributed by atoms with van der Waals surface area (Å²) in [6.45, 7) is 5.21. The Morgan fingerprint density at radius 3 is 2.72 bits per heavy atom. The Hall–Kier alpha value is -1.96. The molecule has 0 aliphatic carbocycles. The van der Waals surface area contributed by atoms with Crippen molar-refractivity contribution in [1.82, 2.24) is 24.1 Å². The predicted octanol–water partition coefficient (Wildman–Crippen LogP) is 3.63. The maximum atomic E-state index is 6.12. The van der Waals surface area contributed by atoms with Crippen molar-refractivity contribution in [1.29, 1.82) is 0 Å². The number of ether oxygens (including phenoxy) is 1. The van der Waals surface area contributed by atoms with Crippen molar-refractivity contribution < 1.29 is 4.74 Å². The lowest BCUT2D eigenvalue weighted by molar-refractivity contribution is 0.234. The molecule has 0 aliphatic heterocycles. The van der Waals surface area contributed by atoms with Crippen LogP contribution >= 0.6 is 23.8 Å². The van der Waals surface area contributed by atoms with Crippen molar-refractivity contribution in [3.8, 4) is 5.75 Å². The molecular weight excluding hydrogens is 358 g/mol. The van der Waals surface area contributed by atoms with Crippen molar-refractivity contribution in [2.24, 2.45) is 0 Å².